The van der Waals surface area contributed by atoms with Crippen LogP contribution in [0, 0.1) is 0 Å². The molecule has 0 aliphatic carbocycles. The van der Waals surface area contributed by atoms with Crippen molar-refractivity contribution >= 4 is 44.1 Å². The van der Waals surface area contributed by atoms with Gasteiger partial charge in [-0.3, -0.25) is 4.79 Å². The SMILES string of the molecule is CCN(Cc1ccc(Br)s1)C(=O)c1ccc2cc[nH]c2c1. The molecule has 0 radical (unpaired) electrons. The van der Waals surface area contributed by atoms with Crippen LogP contribution >= 0.6 is 27.3 Å². The predicted octanol–water partition coefficient (Wildman–Crippen LogP) is 4.65. The summed E-state index contributed by atoms with van der Waals surface area (Å²) >= 11 is 5.12. The lowest BCUT2D eigenvalue weighted by Gasteiger charge is -2.20. The number of rotatable bonds is 4. The van der Waals surface area contributed by atoms with E-state index in [9.17, 15) is 4.79 Å². The van der Waals surface area contributed by atoms with Gasteiger partial charge in [-0.1, -0.05) is 6.07 Å². The van der Waals surface area contributed by atoms with Crippen LogP contribution in [0.25, 0.3) is 10.9 Å². The number of H-pyrrole nitrogens is 1. The summed E-state index contributed by atoms with van der Waals surface area (Å²) in [5.41, 5.74) is 1.72. The molecule has 0 unspecified atom stereocenters. The highest BCUT2D eigenvalue weighted by Crippen LogP contribution is 2.24. The monoisotopic (exact) mass is 362 g/mol. The van der Waals surface area contributed by atoms with Crippen molar-refractivity contribution in [2.24, 2.45) is 0 Å². The molecule has 0 atom stereocenters. The van der Waals surface area contributed by atoms with E-state index in [1.807, 2.05) is 48.4 Å². The van der Waals surface area contributed by atoms with Crippen molar-refractivity contribution in [2.45, 2.75) is 13.5 Å². The Balaban J connectivity index is 1.83. The van der Waals surface area contributed by atoms with Crippen molar-refractivity contribution in [3.8, 4) is 0 Å². The largest absolute Gasteiger partial charge is 0.361 e. The molecule has 5 heteroatoms. The maximum atomic E-state index is 12.7. The first-order valence-electron chi connectivity index (χ1n) is 6.78. The van der Waals surface area contributed by atoms with E-state index in [-0.39, 0.29) is 5.91 Å². The molecule has 1 aromatic carbocycles. The zero-order valence-corrected chi connectivity index (χ0v) is 14.0. The van der Waals surface area contributed by atoms with Crippen LogP contribution in [0.3, 0.4) is 0 Å². The van der Waals surface area contributed by atoms with Gasteiger partial charge in [0, 0.05) is 28.7 Å². The van der Waals surface area contributed by atoms with E-state index in [0.29, 0.717) is 13.1 Å². The van der Waals surface area contributed by atoms with Gasteiger partial charge in [0.05, 0.1) is 10.3 Å². The van der Waals surface area contributed by atoms with Gasteiger partial charge in [0.25, 0.3) is 5.91 Å². The first-order valence-corrected chi connectivity index (χ1v) is 8.39. The first-order chi connectivity index (χ1) is 10.2. The Morgan fingerprint density at radius 2 is 2.14 bits per heavy atom. The number of halogens is 1. The summed E-state index contributed by atoms with van der Waals surface area (Å²) in [6, 6.07) is 11.9. The fourth-order valence-corrected chi connectivity index (χ4v) is 3.81. The Morgan fingerprint density at radius 3 is 2.86 bits per heavy atom. The molecule has 3 aromatic rings. The van der Waals surface area contributed by atoms with Crippen molar-refractivity contribution in [1.29, 1.82) is 0 Å². The lowest BCUT2D eigenvalue weighted by molar-refractivity contribution is 0.0754. The van der Waals surface area contributed by atoms with Crippen molar-refractivity contribution in [3.05, 3.63) is 56.8 Å². The molecule has 0 saturated carbocycles. The van der Waals surface area contributed by atoms with E-state index in [1.165, 1.54) is 4.88 Å². The number of amides is 1. The van der Waals surface area contributed by atoms with Crippen LogP contribution in [0.4, 0.5) is 0 Å². The van der Waals surface area contributed by atoms with Gasteiger partial charge in [0.15, 0.2) is 0 Å². The third-order valence-electron chi connectivity index (χ3n) is 3.45. The van der Waals surface area contributed by atoms with Crippen LogP contribution in [0.2, 0.25) is 0 Å². The highest BCUT2D eigenvalue weighted by Gasteiger charge is 2.16. The highest BCUT2D eigenvalue weighted by molar-refractivity contribution is 9.11. The van der Waals surface area contributed by atoms with Crippen LogP contribution < -0.4 is 0 Å². The van der Waals surface area contributed by atoms with E-state index in [4.69, 9.17) is 0 Å². The summed E-state index contributed by atoms with van der Waals surface area (Å²) in [7, 11) is 0. The van der Waals surface area contributed by atoms with Gasteiger partial charge in [-0.2, -0.15) is 0 Å². The molecule has 2 heterocycles. The predicted molar refractivity (Wildman–Crippen MR) is 90.7 cm³/mol. The summed E-state index contributed by atoms with van der Waals surface area (Å²) in [6.07, 6.45) is 1.89. The molecule has 21 heavy (non-hydrogen) atoms. The van der Waals surface area contributed by atoms with Crippen LogP contribution in [0.1, 0.15) is 22.2 Å². The molecule has 3 nitrogen and oxygen atoms in total. The van der Waals surface area contributed by atoms with E-state index in [0.717, 1.165) is 20.3 Å². The molecule has 1 N–H and O–H groups in total. The van der Waals surface area contributed by atoms with Gasteiger partial charge >= 0.3 is 0 Å². The number of thiophene rings is 1. The number of aromatic amines is 1. The zero-order valence-electron chi connectivity index (χ0n) is 11.6. The fourth-order valence-electron chi connectivity index (χ4n) is 2.32. The molecule has 0 spiro atoms. The molecule has 0 saturated heterocycles. The maximum absolute atomic E-state index is 12.7. The first kappa shape index (κ1) is 14.4. The topological polar surface area (TPSA) is 36.1 Å². The lowest BCUT2D eigenvalue weighted by atomic mass is 10.1. The van der Waals surface area contributed by atoms with Crippen molar-refractivity contribution < 1.29 is 4.79 Å². The molecular formula is C16H15BrN2OS. The van der Waals surface area contributed by atoms with Gasteiger partial charge in [0.2, 0.25) is 0 Å². The van der Waals surface area contributed by atoms with Gasteiger partial charge in [0.1, 0.15) is 0 Å². The second-order valence-corrected chi connectivity index (χ2v) is 7.35. The third kappa shape index (κ3) is 3.04. The van der Waals surface area contributed by atoms with Gasteiger partial charge in [-0.15, -0.1) is 11.3 Å². The smallest absolute Gasteiger partial charge is 0.254 e. The van der Waals surface area contributed by atoms with Crippen molar-refractivity contribution in [1.82, 2.24) is 9.88 Å². The van der Waals surface area contributed by atoms with Crippen LogP contribution in [-0.2, 0) is 6.54 Å². The Bertz CT molecular complexity index is 777. The fraction of sp³-hybridized carbons (Fsp3) is 0.188. The van der Waals surface area contributed by atoms with Crippen LogP contribution in [-0.4, -0.2) is 22.3 Å². The normalized spacial score (nSPS) is 11.0. The molecule has 0 fully saturated rings. The number of fused-ring (bicyclic) bond motifs is 1. The number of aromatic nitrogens is 1. The quantitative estimate of drug-likeness (QED) is 0.719. The third-order valence-corrected chi connectivity index (χ3v) is 5.05. The number of hydrogen-bond donors (Lipinski definition) is 1. The van der Waals surface area contributed by atoms with E-state index in [1.54, 1.807) is 11.3 Å². The minimum absolute atomic E-state index is 0.0681. The molecule has 0 aliphatic heterocycles. The van der Waals surface area contributed by atoms with Crippen LogP contribution in [0.5, 0.6) is 0 Å². The standard InChI is InChI=1S/C16H15BrN2OS/c1-2-19(10-13-5-6-15(17)21-13)16(20)12-4-3-11-7-8-18-14(11)9-12/h3-9,18H,2,10H2,1H3. The second kappa shape index (κ2) is 6.03. The Labute approximate surface area is 135 Å². The molecule has 2 aromatic heterocycles. The summed E-state index contributed by atoms with van der Waals surface area (Å²) in [4.78, 5) is 18.8. The van der Waals surface area contributed by atoms with Crippen molar-refractivity contribution in [3.63, 3.8) is 0 Å². The Morgan fingerprint density at radius 1 is 1.29 bits per heavy atom. The average molecular weight is 363 g/mol. The zero-order chi connectivity index (χ0) is 14.8. The molecule has 0 aliphatic rings. The average Bonchev–Trinajstić information content (AvgIpc) is 3.11. The van der Waals surface area contributed by atoms with Crippen LogP contribution in [0.15, 0.2) is 46.4 Å². The molecule has 0 bridgehead atoms. The Kier molecular flexibility index (Phi) is 4.12. The molecule has 1 amide bonds. The van der Waals surface area contributed by atoms with Gasteiger partial charge in [-0.05, 0) is 58.6 Å². The minimum atomic E-state index is 0.0681. The van der Waals surface area contributed by atoms with Crippen molar-refractivity contribution in [2.75, 3.05) is 6.54 Å². The molecule has 108 valence electrons. The minimum Gasteiger partial charge on any atom is -0.361 e. The summed E-state index contributed by atoms with van der Waals surface area (Å²) in [5.74, 6) is 0.0681. The summed E-state index contributed by atoms with van der Waals surface area (Å²) in [5, 5.41) is 1.12. The lowest BCUT2D eigenvalue weighted by Crippen LogP contribution is -2.29. The number of carbonyl (C=O) groups excluding carboxylic acids is 1. The van der Waals surface area contributed by atoms with E-state index >= 15 is 0 Å². The van der Waals surface area contributed by atoms with E-state index < -0.39 is 0 Å². The molecular weight excluding hydrogens is 348 g/mol. The molecule has 3 rings (SSSR count). The Hall–Kier alpha value is -1.59. The number of nitrogens with zero attached hydrogens (tertiary/aromatic N) is 1. The van der Waals surface area contributed by atoms with Gasteiger partial charge in [-0.25, -0.2) is 0 Å². The number of benzene rings is 1. The second-order valence-electron chi connectivity index (χ2n) is 4.80. The maximum Gasteiger partial charge on any atom is 0.254 e. The van der Waals surface area contributed by atoms with Gasteiger partial charge < -0.3 is 9.88 Å². The number of nitrogens with one attached hydrogen (secondary N) is 1. The summed E-state index contributed by atoms with van der Waals surface area (Å²) in [6.45, 7) is 3.35. The summed E-state index contributed by atoms with van der Waals surface area (Å²) < 4.78 is 1.09. The van der Waals surface area contributed by atoms with E-state index in [2.05, 4.69) is 27.0 Å². The highest BCUT2D eigenvalue weighted by atomic mass is 79.9. The number of carbonyl (C=O) groups is 1. The number of hydrogen-bond acceptors (Lipinski definition) is 2.